The standard InChI is InChI=1S/C14H18ClNO/c1-9(8-15)10(2)16-14(17)13-7-11-5-3-4-6-12(11)13/h3-6,9-10,13H,7-8H2,1-2H3,(H,16,17). The predicted octanol–water partition coefficient (Wildman–Crippen LogP) is 2.71. The molecule has 0 aromatic heterocycles. The van der Waals surface area contributed by atoms with Gasteiger partial charge in [0, 0.05) is 11.9 Å². The number of fused-ring (bicyclic) bond motifs is 1. The van der Waals surface area contributed by atoms with Crippen LogP contribution in [0.2, 0.25) is 0 Å². The van der Waals surface area contributed by atoms with Crippen LogP contribution in [0.25, 0.3) is 0 Å². The van der Waals surface area contributed by atoms with E-state index in [1.165, 1.54) is 11.1 Å². The highest BCUT2D eigenvalue weighted by Crippen LogP contribution is 2.34. The van der Waals surface area contributed by atoms with E-state index in [1.54, 1.807) is 0 Å². The molecule has 0 saturated heterocycles. The van der Waals surface area contributed by atoms with Crippen LogP contribution in [0.1, 0.15) is 30.9 Å². The Labute approximate surface area is 107 Å². The normalized spacial score (nSPS) is 21.0. The van der Waals surface area contributed by atoms with Crippen molar-refractivity contribution in [1.29, 1.82) is 0 Å². The molecule has 1 N–H and O–H groups in total. The molecule has 0 spiro atoms. The van der Waals surface area contributed by atoms with Crippen molar-refractivity contribution in [2.24, 2.45) is 5.92 Å². The van der Waals surface area contributed by atoms with Crippen molar-refractivity contribution in [2.75, 3.05) is 5.88 Å². The van der Waals surface area contributed by atoms with Gasteiger partial charge in [-0.1, -0.05) is 31.2 Å². The number of carbonyl (C=O) groups excluding carboxylic acids is 1. The average molecular weight is 252 g/mol. The van der Waals surface area contributed by atoms with Crippen molar-refractivity contribution >= 4 is 17.5 Å². The van der Waals surface area contributed by atoms with Crippen molar-refractivity contribution in [2.45, 2.75) is 32.2 Å². The van der Waals surface area contributed by atoms with Crippen LogP contribution in [0, 0.1) is 5.92 Å². The molecular formula is C14H18ClNO. The van der Waals surface area contributed by atoms with Gasteiger partial charge in [0.25, 0.3) is 0 Å². The third-order valence-electron chi connectivity index (χ3n) is 3.64. The summed E-state index contributed by atoms with van der Waals surface area (Å²) in [5.74, 6) is 1.04. The van der Waals surface area contributed by atoms with E-state index in [0.29, 0.717) is 11.8 Å². The largest absolute Gasteiger partial charge is 0.353 e. The highest BCUT2D eigenvalue weighted by Gasteiger charge is 2.32. The number of halogens is 1. The molecule has 1 aromatic rings. The van der Waals surface area contributed by atoms with Gasteiger partial charge in [0.15, 0.2) is 0 Å². The van der Waals surface area contributed by atoms with Gasteiger partial charge in [-0.2, -0.15) is 0 Å². The first-order chi connectivity index (χ1) is 8.13. The number of hydrogen-bond acceptors (Lipinski definition) is 1. The van der Waals surface area contributed by atoms with Gasteiger partial charge in [-0.05, 0) is 30.4 Å². The van der Waals surface area contributed by atoms with E-state index in [-0.39, 0.29) is 17.9 Å². The molecule has 2 rings (SSSR count). The van der Waals surface area contributed by atoms with Gasteiger partial charge in [-0.15, -0.1) is 11.6 Å². The number of amides is 1. The highest BCUT2D eigenvalue weighted by molar-refractivity contribution is 6.18. The number of rotatable bonds is 4. The number of benzene rings is 1. The van der Waals surface area contributed by atoms with Crippen molar-refractivity contribution in [3.05, 3.63) is 35.4 Å². The summed E-state index contributed by atoms with van der Waals surface area (Å²) in [6, 6.07) is 8.27. The maximum Gasteiger partial charge on any atom is 0.228 e. The maximum atomic E-state index is 12.1. The van der Waals surface area contributed by atoms with Crippen LogP contribution in [0.4, 0.5) is 0 Å². The van der Waals surface area contributed by atoms with E-state index in [4.69, 9.17) is 11.6 Å². The Bertz CT molecular complexity index is 418. The van der Waals surface area contributed by atoms with Gasteiger partial charge in [-0.25, -0.2) is 0 Å². The lowest BCUT2D eigenvalue weighted by Crippen LogP contribution is -2.43. The van der Waals surface area contributed by atoms with Crippen molar-refractivity contribution in [3.63, 3.8) is 0 Å². The average Bonchev–Trinajstić information content (AvgIpc) is 2.29. The molecule has 1 aliphatic rings. The Hall–Kier alpha value is -1.02. The molecule has 0 radical (unpaired) electrons. The molecule has 0 fully saturated rings. The van der Waals surface area contributed by atoms with Crippen molar-refractivity contribution < 1.29 is 4.79 Å². The van der Waals surface area contributed by atoms with E-state index in [2.05, 4.69) is 11.4 Å². The molecule has 3 heteroatoms. The summed E-state index contributed by atoms with van der Waals surface area (Å²) in [5, 5.41) is 3.05. The van der Waals surface area contributed by atoms with Gasteiger partial charge in [-0.3, -0.25) is 4.79 Å². The second-order valence-electron chi connectivity index (χ2n) is 4.88. The van der Waals surface area contributed by atoms with Crippen LogP contribution >= 0.6 is 11.6 Å². The Morgan fingerprint density at radius 1 is 1.47 bits per heavy atom. The van der Waals surface area contributed by atoms with E-state index >= 15 is 0 Å². The molecule has 0 aliphatic heterocycles. The lowest BCUT2D eigenvalue weighted by Gasteiger charge is -2.31. The summed E-state index contributed by atoms with van der Waals surface area (Å²) < 4.78 is 0. The number of alkyl halides is 1. The first kappa shape index (κ1) is 12.4. The lowest BCUT2D eigenvalue weighted by molar-refractivity contribution is -0.123. The molecule has 0 heterocycles. The third-order valence-corrected chi connectivity index (χ3v) is 4.12. The number of nitrogens with one attached hydrogen (secondary N) is 1. The second-order valence-corrected chi connectivity index (χ2v) is 5.19. The van der Waals surface area contributed by atoms with Gasteiger partial charge >= 0.3 is 0 Å². The first-order valence-corrected chi connectivity index (χ1v) is 6.61. The molecular weight excluding hydrogens is 234 g/mol. The molecule has 17 heavy (non-hydrogen) atoms. The quantitative estimate of drug-likeness (QED) is 0.820. The van der Waals surface area contributed by atoms with Crippen molar-refractivity contribution in [1.82, 2.24) is 5.32 Å². The fourth-order valence-corrected chi connectivity index (χ4v) is 2.36. The minimum absolute atomic E-state index is 0.0381. The Kier molecular flexibility index (Phi) is 3.72. The zero-order valence-electron chi connectivity index (χ0n) is 10.2. The molecule has 1 aromatic carbocycles. The van der Waals surface area contributed by atoms with Crippen LogP contribution in [-0.2, 0) is 11.2 Å². The minimum Gasteiger partial charge on any atom is -0.353 e. The van der Waals surface area contributed by atoms with E-state index < -0.39 is 0 Å². The molecule has 3 unspecified atom stereocenters. The predicted molar refractivity (Wildman–Crippen MR) is 70.4 cm³/mol. The third kappa shape index (κ3) is 2.47. The summed E-state index contributed by atoms with van der Waals surface area (Å²) in [6.45, 7) is 4.06. The summed E-state index contributed by atoms with van der Waals surface area (Å²) in [5.41, 5.74) is 2.47. The van der Waals surface area contributed by atoms with Gasteiger partial charge in [0.2, 0.25) is 5.91 Å². The smallest absolute Gasteiger partial charge is 0.228 e. The summed E-state index contributed by atoms with van der Waals surface area (Å²) in [7, 11) is 0. The Balaban J connectivity index is 1.96. The summed E-state index contributed by atoms with van der Waals surface area (Å²) in [6.07, 6.45) is 0.865. The second kappa shape index (κ2) is 5.09. The van der Waals surface area contributed by atoms with Crippen LogP contribution in [0.5, 0.6) is 0 Å². The Morgan fingerprint density at radius 2 is 2.18 bits per heavy atom. The molecule has 1 aliphatic carbocycles. The van der Waals surface area contributed by atoms with E-state index in [9.17, 15) is 4.79 Å². The van der Waals surface area contributed by atoms with Crippen molar-refractivity contribution in [3.8, 4) is 0 Å². The fraction of sp³-hybridized carbons (Fsp3) is 0.500. The number of carbonyl (C=O) groups is 1. The molecule has 92 valence electrons. The van der Waals surface area contributed by atoms with E-state index in [0.717, 1.165) is 6.42 Å². The first-order valence-electron chi connectivity index (χ1n) is 6.07. The SMILES string of the molecule is CC(CCl)C(C)NC(=O)C1Cc2ccccc21. The highest BCUT2D eigenvalue weighted by atomic mass is 35.5. The van der Waals surface area contributed by atoms with Crippen LogP contribution in [-0.4, -0.2) is 17.8 Å². The molecule has 2 nitrogen and oxygen atoms in total. The zero-order chi connectivity index (χ0) is 12.4. The zero-order valence-corrected chi connectivity index (χ0v) is 11.0. The van der Waals surface area contributed by atoms with Crippen LogP contribution in [0.3, 0.4) is 0 Å². The maximum absolute atomic E-state index is 12.1. The topological polar surface area (TPSA) is 29.1 Å². The van der Waals surface area contributed by atoms with Crippen LogP contribution in [0.15, 0.2) is 24.3 Å². The molecule has 3 atom stereocenters. The van der Waals surface area contributed by atoms with Crippen LogP contribution < -0.4 is 5.32 Å². The fourth-order valence-electron chi connectivity index (χ4n) is 2.09. The van der Waals surface area contributed by atoms with Gasteiger partial charge < -0.3 is 5.32 Å². The minimum atomic E-state index is 0.0381. The molecule has 0 saturated carbocycles. The lowest BCUT2D eigenvalue weighted by atomic mass is 9.77. The van der Waals surface area contributed by atoms with Gasteiger partial charge in [0.05, 0.1) is 5.92 Å². The monoisotopic (exact) mass is 251 g/mol. The van der Waals surface area contributed by atoms with E-state index in [1.807, 2.05) is 32.0 Å². The Morgan fingerprint density at radius 3 is 2.82 bits per heavy atom. The van der Waals surface area contributed by atoms with Gasteiger partial charge in [0.1, 0.15) is 0 Å². The summed E-state index contributed by atoms with van der Waals surface area (Å²) in [4.78, 5) is 12.1. The molecule has 0 bridgehead atoms. The number of hydrogen-bond donors (Lipinski definition) is 1. The molecule has 1 amide bonds. The summed E-state index contributed by atoms with van der Waals surface area (Å²) >= 11 is 5.79.